The van der Waals surface area contributed by atoms with E-state index in [9.17, 15) is 4.79 Å². The summed E-state index contributed by atoms with van der Waals surface area (Å²) in [6, 6.07) is 10.4. The van der Waals surface area contributed by atoms with Crippen LogP contribution < -0.4 is 10.6 Å². The van der Waals surface area contributed by atoms with Crippen LogP contribution in [0.4, 0.5) is 0 Å². The maximum Gasteiger partial charge on any atom is 0.220 e. The zero-order valence-corrected chi connectivity index (χ0v) is 14.2. The Morgan fingerprint density at radius 3 is 2.45 bits per heavy atom. The minimum Gasteiger partial charge on any atom is -0.349 e. The largest absolute Gasteiger partial charge is 0.349 e. The molecule has 1 saturated heterocycles. The maximum atomic E-state index is 12.4. The number of nitrogens with one attached hydrogen (secondary N) is 2. The monoisotopic (exact) mass is 302 g/mol. The topological polar surface area (TPSA) is 41.1 Å². The van der Waals surface area contributed by atoms with Crippen molar-refractivity contribution in [2.45, 2.75) is 52.5 Å². The normalized spacial score (nSPS) is 18.0. The molecule has 1 aromatic carbocycles. The minimum atomic E-state index is 0.107. The second-order valence-corrected chi connectivity index (χ2v) is 7.69. The van der Waals surface area contributed by atoms with Gasteiger partial charge in [-0.2, -0.15) is 0 Å². The van der Waals surface area contributed by atoms with Gasteiger partial charge in [-0.1, -0.05) is 51.1 Å². The summed E-state index contributed by atoms with van der Waals surface area (Å²) in [7, 11) is 0. The molecule has 1 aromatic rings. The Labute approximate surface area is 134 Å². The molecule has 1 fully saturated rings. The van der Waals surface area contributed by atoms with Gasteiger partial charge in [0.1, 0.15) is 0 Å². The number of amides is 1. The maximum absolute atomic E-state index is 12.4. The Morgan fingerprint density at radius 2 is 1.86 bits per heavy atom. The lowest BCUT2D eigenvalue weighted by Gasteiger charge is -2.28. The molecule has 2 N–H and O–H groups in total. The molecular weight excluding hydrogens is 272 g/mol. The van der Waals surface area contributed by atoms with Crippen molar-refractivity contribution in [1.29, 1.82) is 0 Å². The van der Waals surface area contributed by atoms with Crippen molar-refractivity contribution in [1.82, 2.24) is 10.6 Å². The molecule has 1 aliphatic heterocycles. The summed E-state index contributed by atoms with van der Waals surface area (Å²) in [4.78, 5) is 12.4. The Morgan fingerprint density at radius 1 is 1.23 bits per heavy atom. The summed E-state index contributed by atoms with van der Waals surface area (Å²) >= 11 is 0. The lowest BCUT2D eigenvalue weighted by Crippen LogP contribution is -2.35. The molecule has 0 saturated carbocycles. The number of benzene rings is 1. The number of piperidine rings is 1. The first kappa shape index (κ1) is 17.0. The molecule has 0 radical (unpaired) electrons. The van der Waals surface area contributed by atoms with Crippen LogP contribution in [0.1, 0.15) is 58.1 Å². The van der Waals surface area contributed by atoms with Gasteiger partial charge in [0.2, 0.25) is 5.91 Å². The summed E-state index contributed by atoms with van der Waals surface area (Å²) < 4.78 is 0. The number of hydrogen-bond donors (Lipinski definition) is 2. The quantitative estimate of drug-likeness (QED) is 0.871. The van der Waals surface area contributed by atoms with Crippen molar-refractivity contribution in [2.24, 2.45) is 11.3 Å². The van der Waals surface area contributed by atoms with E-state index < -0.39 is 0 Å². The zero-order chi connectivity index (χ0) is 16.0. The summed E-state index contributed by atoms with van der Waals surface area (Å²) in [5.41, 5.74) is 1.39. The average Bonchev–Trinajstić information content (AvgIpc) is 2.47. The van der Waals surface area contributed by atoms with Crippen molar-refractivity contribution in [3.63, 3.8) is 0 Å². The summed E-state index contributed by atoms with van der Waals surface area (Å²) in [6.45, 7) is 8.76. The fraction of sp³-hybridized carbons (Fsp3) is 0.632. The molecule has 1 atom stereocenters. The van der Waals surface area contributed by atoms with E-state index in [1.54, 1.807) is 0 Å². The first-order valence-corrected chi connectivity index (χ1v) is 8.49. The summed E-state index contributed by atoms with van der Waals surface area (Å²) in [5, 5.41) is 6.63. The van der Waals surface area contributed by atoms with Crippen molar-refractivity contribution in [3.05, 3.63) is 35.9 Å². The van der Waals surface area contributed by atoms with Gasteiger partial charge < -0.3 is 10.6 Å². The number of rotatable bonds is 5. The SMILES string of the molecule is CC(C)(C)CC(NC(=O)CC1CCNCC1)c1ccccc1. The third kappa shape index (κ3) is 5.80. The van der Waals surface area contributed by atoms with Crippen LogP contribution in [0.3, 0.4) is 0 Å². The predicted octanol–water partition coefficient (Wildman–Crippen LogP) is 3.67. The van der Waals surface area contributed by atoms with Crippen LogP contribution in [0.5, 0.6) is 0 Å². The second kappa shape index (κ2) is 7.77. The fourth-order valence-corrected chi connectivity index (χ4v) is 3.15. The van der Waals surface area contributed by atoms with Crippen molar-refractivity contribution in [2.75, 3.05) is 13.1 Å². The van der Waals surface area contributed by atoms with Gasteiger partial charge in [0, 0.05) is 6.42 Å². The lowest BCUT2D eigenvalue weighted by molar-refractivity contribution is -0.123. The average molecular weight is 302 g/mol. The van der Waals surface area contributed by atoms with E-state index in [0.29, 0.717) is 12.3 Å². The van der Waals surface area contributed by atoms with Crippen LogP contribution >= 0.6 is 0 Å². The molecule has 2 rings (SSSR count). The zero-order valence-electron chi connectivity index (χ0n) is 14.2. The van der Waals surface area contributed by atoms with Gasteiger partial charge in [-0.3, -0.25) is 4.79 Å². The molecule has 1 heterocycles. The molecule has 1 amide bonds. The van der Waals surface area contributed by atoms with E-state index in [1.807, 2.05) is 18.2 Å². The van der Waals surface area contributed by atoms with Crippen LogP contribution in [0.2, 0.25) is 0 Å². The molecule has 3 heteroatoms. The van der Waals surface area contributed by atoms with E-state index >= 15 is 0 Å². The van der Waals surface area contributed by atoms with Crippen LogP contribution in [-0.2, 0) is 4.79 Å². The highest BCUT2D eigenvalue weighted by atomic mass is 16.1. The highest BCUT2D eigenvalue weighted by Crippen LogP contribution is 2.29. The Balaban J connectivity index is 1.97. The molecule has 0 spiro atoms. The van der Waals surface area contributed by atoms with Gasteiger partial charge in [-0.05, 0) is 49.2 Å². The van der Waals surface area contributed by atoms with E-state index in [-0.39, 0.29) is 17.4 Å². The van der Waals surface area contributed by atoms with E-state index in [1.165, 1.54) is 5.56 Å². The van der Waals surface area contributed by atoms with Crippen LogP contribution in [-0.4, -0.2) is 19.0 Å². The highest BCUT2D eigenvalue weighted by molar-refractivity contribution is 5.76. The van der Waals surface area contributed by atoms with Crippen LogP contribution in [0, 0.1) is 11.3 Å². The van der Waals surface area contributed by atoms with Gasteiger partial charge in [-0.25, -0.2) is 0 Å². The number of carbonyl (C=O) groups excluding carboxylic acids is 1. The van der Waals surface area contributed by atoms with Crippen LogP contribution in [0.15, 0.2) is 30.3 Å². The molecule has 122 valence electrons. The van der Waals surface area contributed by atoms with Gasteiger partial charge in [0.05, 0.1) is 6.04 Å². The first-order valence-electron chi connectivity index (χ1n) is 8.49. The molecule has 0 aliphatic carbocycles. The van der Waals surface area contributed by atoms with E-state index in [0.717, 1.165) is 32.4 Å². The minimum absolute atomic E-state index is 0.107. The lowest BCUT2D eigenvalue weighted by atomic mass is 9.85. The molecular formula is C19H30N2O. The molecule has 1 unspecified atom stereocenters. The molecule has 0 aromatic heterocycles. The van der Waals surface area contributed by atoms with Gasteiger partial charge >= 0.3 is 0 Å². The molecule has 1 aliphatic rings. The number of hydrogen-bond acceptors (Lipinski definition) is 2. The fourth-order valence-electron chi connectivity index (χ4n) is 3.15. The van der Waals surface area contributed by atoms with Crippen LogP contribution in [0.25, 0.3) is 0 Å². The Kier molecular flexibility index (Phi) is 6.01. The van der Waals surface area contributed by atoms with Gasteiger partial charge in [0.25, 0.3) is 0 Å². The standard InChI is InChI=1S/C19H30N2O/c1-19(2,3)14-17(16-7-5-4-6-8-16)21-18(22)13-15-9-11-20-12-10-15/h4-8,15,17,20H,9-14H2,1-3H3,(H,21,22). The third-order valence-electron chi connectivity index (χ3n) is 4.29. The summed E-state index contributed by atoms with van der Waals surface area (Å²) in [6.07, 6.45) is 3.84. The third-order valence-corrected chi connectivity index (χ3v) is 4.29. The van der Waals surface area contributed by atoms with Crippen molar-refractivity contribution in [3.8, 4) is 0 Å². The van der Waals surface area contributed by atoms with Gasteiger partial charge in [-0.15, -0.1) is 0 Å². The first-order chi connectivity index (χ1) is 10.4. The molecule has 3 nitrogen and oxygen atoms in total. The molecule has 0 bridgehead atoms. The highest BCUT2D eigenvalue weighted by Gasteiger charge is 2.23. The smallest absolute Gasteiger partial charge is 0.220 e. The second-order valence-electron chi connectivity index (χ2n) is 7.69. The summed E-state index contributed by atoms with van der Waals surface area (Å²) in [5.74, 6) is 0.734. The Hall–Kier alpha value is -1.35. The van der Waals surface area contributed by atoms with E-state index in [2.05, 4.69) is 43.5 Å². The Bertz CT molecular complexity index is 458. The molecule has 22 heavy (non-hydrogen) atoms. The van der Waals surface area contributed by atoms with Gasteiger partial charge in [0.15, 0.2) is 0 Å². The van der Waals surface area contributed by atoms with Crippen molar-refractivity contribution < 1.29 is 4.79 Å². The van der Waals surface area contributed by atoms with E-state index in [4.69, 9.17) is 0 Å². The van der Waals surface area contributed by atoms with Crippen molar-refractivity contribution >= 4 is 5.91 Å². The number of carbonyl (C=O) groups is 1. The predicted molar refractivity (Wildman–Crippen MR) is 91.6 cm³/mol.